The number of carboxylic acid groups (broad SMARTS) is 1. The summed E-state index contributed by atoms with van der Waals surface area (Å²) >= 11 is 7.94. The first-order valence-corrected chi connectivity index (χ1v) is 12.7. The van der Waals surface area contributed by atoms with E-state index in [0.29, 0.717) is 33.4 Å². The molecule has 0 aromatic rings. The Bertz CT molecular complexity index is 495. The SMILES string of the molecule is C=C(C)C(=O)OCCC1SCC2(CSC(CCOCC(=O)O)SC2)CS1. The van der Waals surface area contributed by atoms with Crippen LogP contribution in [0.2, 0.25) is 0 Å². The molecular weight excluding hydrogens is 412 g/mol. The van der Waals surface area contributed by atoms with Gasteiger partial charge in [0.05, 0.1) is 15.8 Å². The lowest BCUT2D eigenvalue weighted by molar-refractivity contribution is -0.142. The predicted octanol–water partition coefficient (Wildman–Crippen LogP) is 3.59. The number of aliphatic carboxylic acids is 1. The Morgan fingerprint density at radius 3 is 2.00 bits per heavy atom. The molecule has 2 saturated heterocycles. The van der Waals surface area contributed by atoms with Gasteiger partial charge in [0.25, 0.3) is 0 Å². The summed E-state index contributed by atoms with van der Waals surface area (Å²) in [5, 5.41) is 8.57. The van der Waals surface area contributed by atoms with Crippen molar-refractivity contribution in [2.24, 2.45) is 5.41 Å². The molecule has 0 aromatic carbocycles. The van der Waals surface area contributed by atoms with Crippen molar-refractivity contribution in [3.63, 3.8) is 0 Å². The molecule has 0 atom stereocenters. The summed E-state index contributed by atoms with van der Waals surface area (Å²) < 4.78 is 11.3. The first-order chi connectivity index (χ1) is 12.4. The van der Waals surface area contributed by atoms with Crippen LogP contribution in [0, 0.1) is 5.41 Å². The number of ether oxygens (including phenoxy) is 2. The van der Waals surface area contributed by atoms with Crippen LogP contribution in [-0.4, -0.2) is 69.0 Å². The number of rotatable bonds is 9. The predicted molar refractivity (Wildman–Crippen MR) is 113 cm³/mol. The molecule has 0 bridgehead atoms. The molecule has 2 aliphatic rings. The van der Waals surface area contributed by atoms with Crippen LogP contribution in [0.5, 0.6) is 0 Å². The topological polar surface area (TPSA) is 72.8 Å². The second kappa shape index (κ2) is 11.1. The summed E-state index contributed by atoms with van der Waals surface area (Å²) in [6.07, 6.45) is 1.78. The number of carbonyl (C=O) groups is 2. The van der Waals surface area contributed by atoms with E-state index in [9.17, 15) is 9.59 Å². The van der Waals surface area contributed by atoms with Crippen molar-refractivity contribution >= 4 is 59.0 Å². The fourth-order valence-corrected chi connectivity index (χ4v) is 9.26. The third-order valence-corrected chi connectivity index (χ3v) is 11.1. The van der Waals surface area contributed by atoms with E-state index < -0.39 is 5.97 Å². The molecule has 0 unspecified atom stereocenters. The third-order valence-electron chi connectivity index (χ3n) is 3.96. The van der Waals surface area contributed by atoms with Gasteiger partial charge in [-0.15, -0.1) is 47.0 Å². The van der Waals surface area contributed by atoms with Gasteiger partial charge in [0.15, 0.2) is 0 Å². The van der Waals surface area contributed by atoms with Gasteiger partial charge in [0.2, 0.25) is 0 Å². The molecule has 2 rings (SSSR count). The summed E-state index contributed by atoms with van der Waals surface area (Å²) in [4.78, 5) is 21.8. The molecule has 2 aliphatic heterocycles. The van der Waals surface area contributed by atoms with E-state index >= 15 is 0 Å². The van der Waals surface area contributed by atoms with Crippen molar-refractivity contribution in [1.82, 2.24) is 0 Å². The van der Waals surface area contributed by atoms with Gasteiger partial charge >= 0.3 is 11.9 Å². The van der Waals surface area contributed by atoms with Crippen LogP contribution in [0.4, 0.5) is 0 Å². The molecule has 2 fully saturated rings. The van der Waals surface area contributed by atoms with E-state index in [1.807, 2.05) is 47.0 Å². The van der Waals surface area contributed by atoms with E-state index in [1.165, 1.54) is 0 Å². The smallest absolute Gasteiger partial charge is 0.333 e. The Balaban J connectivity index is 1.60. The van der Waals surface area contributed by atoms with E-state index in [1.54, 1.807) is 6.92 Å². The van der Waals surface area contributed by atoms with Crippen LogP contribution in [-0.2, 0) is 19.1 Å². The summed E-state index contributed by atoms with van der Waals surface area (Å²) in [5.41, 5.74) is 0.834. The lowest BCUT2D eigenvalue weighted by atomic mass is 9.99. The molecule has 5 nitrogen and oxygen atoms in total. The highest BCUT2D eigenvalue weighted by atomic mass is 32.2. The highest BCUT2D eigenvalue weighted by molar-refractivity contribution is 8.19. The van der Waals surface area contributed by atoms with Crippen molar-refractivity contribution < 1.29 is 24.2 Å². The molecular formula is C17H26O5S4. The van der Waals surface area contributed by atoms with Gasteiger partial charge in [-0.3, -0.25) is 0 Å². The quantitative estimate of drug-likeness (QED) is 0.330. The fraction of sp³-hybridized carbons (Fsp3) is 0.765. The number of hydrogen-bond acceptors (Lipinski definition) is 8. The normalized spacial score (nSPS) is 28.7. The summed E-state index contributed by atoms with van der Waals surface area (Å²) in [5.74, 6) is 3.41. The van der Waals surface area contributed by atoms with Crippen LogP contribution >= 0.6 is 47.0 Å². The first kappa shape index (κ1) is 22.3. The van der Waals surface area contributed by atoms with Gasteiger partial charge in [-0.05, 0) is 13.3 Å². The lowest BCUT2D eigenvalue weighted by Gasteiger charge is -2.43. The minimum absolute atomic E-state index is 0.206. The minimum atomic E-state index is -0.909. The third kappa shape index (κ3) is 7.58. The fourth-order valence-electron chi connectivity index (χ4n) is 2.47. The van der Waals surface area contributed by atoms with Gasteiger partial charge in [-0.1, -0.05) is 6.58 Å². The van der Waals surface area contributed by atoms with E-state index in [0.717, 1.165) is 35.9 Å². The van der Waals surface area contributed by atoms with Gasteiger partial charge in [0.1, 0.15) is 6.61 Å². The Labute approximate surface area is 172 Å². The Kier molecular flexibility index (Phi) is 9.57. The number of carboxylic acids is 1. The zero-order valence-corrected chi connectivity index (χ0v) is 18.2. The van der Waals surface area contributed by atoms with E-state index in [4.69, 9.17) is 14.6 Å². The monoisotopic (exact) mass is 438 g/mol. The first-order valence-electron chi connectivity index (χ1n) is 8.49. The van der Waals surface area contributed by atoms with Crippen molar-refractivity contribution in [1.29, 1.82) is 0 Å². The van der Waals surface area contributed by atoms with Crippen LogP contribution in [0.15, 0.2) is 12.2 Å². The molecule has 1 spiro atoms. The largest absolute Gasteiger partial charge is 0.480 e. The molecule has 0 saturated carbocycles. The maximum absolute atomic E-state index is 11.4. The number of esters is 1. The molecule has 2 heterocycles. The standard InChI is InChI=1S/C17H26O5S4/c1-12(2)16(20)22-6-4-15-25-10-17(11-26-15)8-23-14(24-9-17)3-5-21-7-13(18)19/h14-15H,1,3-11H2,2H3,(H,18,19). The van der Waals surface area contributed by atoms with Gasteiger partial charge in [-0.25, -0.2) is 9.59 Å². The number of carbonyl (C=O) groups excluding carboxylic acids is 1. The second-order valence-corrected chi connectivity index (χ2v) is 11.9. The molecule has 0 aliphatic carbocycles. The van der Waals surface area contributed by atoms with Gasteiger partial charge < -0.3 is 14.6 Å². The Morgan fingerprint density at radius 2 is 1.54 bits per heavy atom. The van der Waals surface area contributed by atoms with Crippen LogP contribution in [0.3, 0.4) is 0 Å². The second-order valence-electron chi connectivity index (χ2n) is 6.54. The average Bonchev–Trinajstić information content (AvgIpc) is 2.62. The Hall–Kier alpha value is 0.0400. The molecule has 26 heavy (non-hydrogen) atoms. The van der Waals surface area contributed by atoms with Crippen molar-refractivity contribution in [2.45, 2.75) is 28.9 Å². The maximum atomic E-state index is 11.4. The average molecular weight is 439 g/mol. The zero-order chi connectivity index (χ0) is 19.0. The zero-order valence-electron chi connectivity index (χ0n) is 14.9. The van der Waals surface area contributed by atoms with E-state index in [2.05, 4.69) is 6.58 Å². The highest BCUT2D eigenvalue weighted by Crippen LogP contribution is 2.50. The number of thioether (sulfide) groups is 4. The van der Waals surface area contributed by atoms with Gasteiger partial charge in [-0.2, -0.15) is 0 Å². The minimum Gasteiger partial charge on any atom is -0.480 e. The Morgan fingerprint density at radius 1 is 1.04 bits per heavy atom. The molecule has 0 aromatic heterocycles. The molecule has 148 valence electrons. The van der Waals surface area contributed by atoms with Crippen LogP contribution in [0.25, 0.3) is 0 Å². The van der Waals surface area contributed by atoms with Crippen LogP contribution in [0.1, 0.15) is 19.8 Å². The maximum Gasteiger partial charge on any atom is 0.333 e. The van der Waals surface area contributed by atoms with Crippen molar-refractivity contribution in [2.75, 3.05) is 42.8 Å². The highest BCUT2D eigenvalue weighted by Gasteiger charge is 2.40. The summed E-state index contributed by atoms with van der Waals surface area (Å²) in [6, 6.07) is 0. The van der Waals surface area contributed by atoms with Crippen molar-refractivity contribution in [3.05, 3.63) is 12.2 Å². The molecule has 1 N–H and O–H groups in total. The summed E-state index contributed by atoms with van der Waals surface area (Å²) in [6.45, 7) is 6.03. The van der Waals surface area contributed by atoms with E-state index in [-0.39, 0.29) is 12.6 Å². The lowest BCUT2D eigenvalue weighted by Crippen LogP contribution is -2.40. The summed E-state index contributed by atoms with van der Waals surface area (Å²) in [7, 11) is 0. The van der Waals surface area contributed by atoms with Gasteiger partial charge in [0, 0.05) is 47.0 Å². The number of hydrogen-bond donors (Lipinski definition) is 1. The van der Waals surface area contributed by atoms with Crippen LogP contribution < -0.4 is 0 Å². The molecule has 0 amide bonds. The molecule has 9 heteroatoms. The van der Waals surface area contributed by atoms with Crippen molar-refractivity contribution in [3.8, 4) is 0 Å². The molecule has 0 radical (unpaired) electrons.